The number of rotatable bonds is 91. The fourth-order valence-corrected chi connectivity index (χ4v) is 19.7. The quantitative estimate of drug-likeness (QED) is 0.0117. The molecule has 0 aliphatic heterocycles. The van der Waals surface area contributed by atoms with Gasteiger partial charge in [-0.05, 0) is 165 Å². The van der Waals surface area contributed by atoms with Crippen LogP contribution in [0.2, 0.25) is 0 Å². The minimum Gasteiger partial charge on any atom is -0.493 e. The minimum atomic E-state index is -0.532. The van der Waals surface area contributed by atoms with Crippen molar-refractivity contribution in [1.82, 2.24) is 0 Å². The van der Waals surface area contributed by atoms with Gasteiger partial charge in [0.2, 0.25) is 0 Å². The smallest absolute Gasteiger partial charge is 0.330 e. The summed E-state index contributed by atoms with van der Waals surface area (Å²) >= 11 is 0. The van der Waals surface area contributed by atoms with Crippen LogP contribution < -0.4 is 18.9 Å². The predicted octanol–water partition coefficient (Wildman–Crippen LogP) is 33.4. The number of benzene rings is 4. The van der Waals surface area contributed by atoms with Gasteiger partial charge in [0.1, 0.15) is 59.6 Å². The van der Waals surface area contributed by atoms with Crippen LogP contribution in [-0.2, 0) is 104 Å². The van der Waals surface area contributed by atoms with Crippen molar-refractivity contribution in [2.45, 2.75) is 530 Å². The first kappa shape index (κ1) is 121. The maximum atomic E-state index is 13.1. The topological polar surface area (TPSA) is 193 Å². The number of fused-ring (bicyclic) bond motifs is 8. The molecule has 0 radical (unpaired) electrons. The minimum absolute atomic E-state index is 0.142. The molecule has 8 bridgehead atoms. The molecule has 0 fully saturated rings. The molecule has 0 saturated heterocycles. The highest BCUT2D eigenvalue weighted by Gasteiger charge is 2.27. The van der Waals surface area contributed by atoms with Gasteiger partial charge in [0.05, 0.1) is 52.9 Å². The Morgan fingerprint density at radius 3 is 0.522 bits per heavy atom. The van der Waals surface area contributed by atoms with Crippen LogP contribution in [0, 0.1) is 0 Å². The number of esters is 4. The Balaban J connectivity index is 1.77. The fourth-order valence-electron chi connectivity index (χ4n) is 19.7. The first-order valence-corrected chi connectivity index (χ1v) is 57.4. The van der Waals surface area contributed by atoms with Crippen LogP contribution in [0.3, 0.4) is 0 Å². The summed E-state index contributed by atoms with van der Waals surface area (Å²) < 4.78 is 53.3. The molecule has 4 aromatic carbocycles. The molecule has 0 aromatic heterocycles. The summed E-state index contributed by atoms with van der Waals surface area (Å²) in [6, 6.07) is 18.5. The van der Waals surface area contributed by atoms with Gasteiger partial charge in [-0.25, -0.2) is 4.79 Å². The van der Waals surface area contributed by atoms with Crippen LogP contribution in [0.5, 0.6) is 23.0 Å². The van der Waals surface area contributed by atoms with Crippen LogP contribution >= 0.6 is 0 Å². The number of carbonyl (C=O) groups excluding carboxylic acids is 7. The molecule has 15 heteroatoms. The lowest BCUT2D eigenvalue weighted by Gasteiger charge is -2.25. The summed E-state index contributed by atoms with van der Waals surface area (Å²) in [6.45, 7) is 19.8. The average molecular weight is 1920 g/mol. The van der Waals surface area contributed by atoms with Gasteiger partial charge in [-0.1, -0.05) is 442 Å². The Morgan fingerprint density at radius 2 is 0.370 bits per heavy atom. The number of carbonyl (C=O) groups is 7. The highest BCUT2D eigenvalue weighted by molar-refractivity contribution is 5.95. The van der Waals surface area contributed by atoms with Gasteiger partial charge < -0.3 is 37.9 Å². The highest BCUT2D eigenvalue weighted by Crippen LogP contribution is 2.43. The Bertz CT molecular complexity index is 3710. The Morgan fingerprint density at radius 1 is 0.217 bits per heavy atom. The van der Waals surface area contributed by atoms with Gasteiger partial charge in [-0.2, -0.15) is 0 Å². The Kier molecular flexibility index (Phi) is 72.2. The SMILES string of the molecule is C=CC(=O)OCCCc1cc2c(OCCCCCCCCCCCCCCCCC)c(c1)Cc1cc(CCCOC(=O)CC(C)=O)cc(c1OCCCCCCCCCCCCCCCCC)Cc1cc(CCCOC(=O)CC(C)=O)cc(c1OCCCCCCCCCCCCCCCCC)Cc1cc(CCCOC(=O)CC(C)=O)cc(c1OCCCCCCCCCCCCCCCCC)C2. The van der Waals surface area contributed by atoms with Gasteiger partial charge in [0, 0.05) is 31.8 Å². The van der Waals surface area contributed by atoms with E-state index in [1.165, 1.54) is 335 Å². The van der Waals surface area contributed by atoms with Gasteiger partial charge in [0.25, 0.3) is 0 Å². The molecule has 4 aromatic rings. The van der Waals surface area contributed by atoms with Gasteiger partial charge in [-0.15, -0.1) is 0 Å². The van der Waals surface area contributed by atoms with E-state index >= 15 is 0 Å². The maximum absolute atomic E-state index is 13.1. The van der Waals surface area contributed by atoms with Gasteiger partial charge >= 0.3 is 23.9 Å². The van der Waals surface area contributed by atoms with E-state index in [1.807, 2.05) is 0 Å². The van der Waals surface area contributed by atoms with E-state index in [2.05, 4.69) is 82.8 Å². The largest absolute Gasteiger partial charge is 0.493 e. The van der Waals surface area contributed by atoms with E-state index in [0.717, 1.165) is 167 Å². The van der Waals surface area contributed by atoms with E-state index in [-0.39, 0.29) is 63.0 Å². The number of ketones is 3. The van der Waals surface area contributed by atoms with Crippen molar-refractivity contribution < 1.29 is 71.5 Å². The molecule has 0 heterocycles. The lowest BCUT2D eigenvalue weighted by Crippen LogP contribution is -2.13. The molecule has 0 atom stereocenters. The molecule has 138 heavy (non-hydrogen) atoms. The number of hydrogen-bond acceptors (Lipinski definition) is 15. The van der Waals surface area contributed by atoms with Crippen molar-refractivity contribution in [2.75, 3.05) is 52.9 Å². The zero-order valence-corrected chi connectivity index (χ0v) is 89.2. The first-order chi connectivity index (χ1) is 67.5. The molecule has 0 saturated carbocycles. The summed E-state index contributed by atoms with van der Waals surface area (Å²) in [6.07, 6.45) is 81.8. The zero-order valence-electron chi connectivity index (χ0n) is 89.2. The van der Waals surface area contributed by atoms with E-state index in [1.54, 1.807) is 0 Å². The van der Waals surface area contributed by atoms with Crippen LogP contribution in [-0.4, -0.2) is 94.1 Å². The van der Waals surface area contributed by atoms with Crippen molar-refractivity contribution in [3.05, 3.63) is 128 Å². The molecule has 0 amide bonds. The maximum Gasteiger partial charge on any atom is 0.330 e. The fraction of sp³-hybridized carbons (Fsp3) is 0.732. The third-order valence-electron chi connectivity index (χ3n) is 27.5. The molecular formula is C123H198O15. The summed E-state index contributed by atoms with van der Waals surface area (Å²) in [7, 11) is 0. The van der Waals surface area contributed by atoms with E-state index in [4.69, 9.17) is 37.9 Å². The second-order valence-corrected chi connectivity index (χ2v) is 41.0. The molecule has 1 aliphatic rings. The second-order valence-electron chi connectivity index (χ2n) is 41.0. The predicted molar refractivity (Wildman–Crippen MR) is 572 cm³/mol. The third kappa shape index (κ3) is 60.2. The van der Waals surface area contributed by atoms with Gasteiger partial charge in [0.15, 0.2) is 0 Å². The Labute approximate surface area is 841 Å². The highest BCUT2D eigenvalue weighted by atomic mass is 16.5. The molecule has 5 rings (SSSR count). The van der Waals surface area contributed by atoms with Crippen molar-refractivity contribution >= 4 is 41.2 Å². The van der Waals surface area contributed by atoms with E-state index in [0.29, 0.717) is 103 Å². The van der Waals surface area contributed by atoms with Crippen LogP contribution in [0.25, 0.3) is 0 Å². The first-order valence-electron chi connectivity index (χ1n) is 57.4. The Hall–Kier alpha value is -7.29. The van der Waals surface area contributed by atoms with E-state index < -0.39 is 23.9 Å². The molecule has 0 unspecified atom stereocenters. The molecule has 0 N–H and O–H groups in total. The zero-order chi connectivity index (χ0) is 99.0. The van der Waals surface area contributed by atoms with Crippen LogP contribution in [0.4, 0.5) is 0 Å². The van der Waals surface area contributed by atoms with Crippen LogP contribution in [0.1, 0.15) is 545 Å². The normalized spacial score (nSPS) is 11.8. The molecular weight excluding hydrogens is 1720 g/mol. The number of unbranched alkanes of at least 4 members (excludes halogenated alkanes) is 56. The standard InChI is InChI=1S/C123H198O15/c1-9-14-18-22-26-30-34-38-42-46-50-54-58-62-66-78-135-120-108-89-104(74-70-82-131-116(127)13-5)90-109(120)98-111-92-106(76-72-84-133-118(129)87-102(7)125)94-113(122(111)137-80-68-64-60-56-52-48-44-40-36-32-28-24-20-16-11-3)100-115-96-107(77-73-85-134-119(130)88-103(8)126)95-114(123(115)138-81-69-65-61-57-53-49-45-41-37-33-29-25-21-17-12-4)99-112-93-105(75-71-83-132-117(128)86-101(6)124)91-110(97-108)121(112)136-79-67-63-59-55-51-47-43-39-35-31-27-23-19-15-10-2/h13,89-96H,5,9-12,14-88,97-100H2,1-4,6-8H3. The summed E-state index contributed by atoms with van der Waals surface area (Å²) in [4.78, 5) is 88.6. The molecule has 1 aliphatic carbocycles. The summed E-state index contributed by atoms with van der Waals surface area (Å²) in [5.74, 6) is 0.549. The van der Waals surface area contributed by atoms with Crippen molar-refractivity contribution in [3.8, 4) is 23.0 Å². The monoisotopic (exact) mass is 1920 g/mol. The van der Waals surface area contributed by atoms with Gasteiger partial charge in [-0.3, -0.25) is 28.8 Å². The average Bonchev–Trinajstić information content (AvgIpc) is 0.771. The van der Waals surface area contributed by atoms with Crippen molar-refractivity contribution in [2.24, 2.45) is 0 Å². The van der Waals surface area contributed by atoms with Crippen LogP contribution in [0.15, 0.2) is 61.2 Å². The summed E-state index contributed by atoms with van der Waals surface area (Å²) in [5.41, 5.74) is 12.3. The van der Waals surface area contributed by atoms with Crippen molar-refractivity contribution in [3.63, 3.8) is 0 Å². The number of aryl methyl sites for hydroxylation is 4. The number of Topliss-reactive ketones (excluding diaryl/α,β-unsaturated/α-hetero) is 3. The summed E-state index contributed by atoms with van der Waals surface area (Å²) in [5, 5.41) is 0. The van der Waals surface area contributed by atoms with Crippen molar-refractivity contribution in [1.29, 1.82) is 0 Å². The second kappa shape index (κ2) is 82.2. The molecule has 15 nitrogen and oxygen atoms in total. The lowest BCUT2D eigenvalue weighted by atomic mass is 9.87. The molecule has 780 valence electrons. The molecule has 0 spiro atoms. The third-order valence-corrected chi connectivity index (χ3v) is 27.5. The lowest BCUT2D eigenvalue weighted by molar-refractivity contribution is -0.147. The number of ether oxygens (including phenoxy) is 8. The number of hydrogen-bond donors (Lipinski definition) is 0. The van der Waals surface area contributed by atoms with E-state index in [9.17, 15) is 33.6 Å².